The molecule has 0 heteroatoms. The van der Waals surface area contributed by atoms with E-state index in [-0.39, 0.29) is 0 Å². The number of rotatable bonds is 9. The van der Waals surface area contributed by atoms with E-state index >= 15 is 0 Å². The van der Waals surface area contributed by atoms with Gasteiger partial charge in [-0.25, -0.2) is 0 Å². The largest absolute Gasteiger partial charge is 0.0654 e. The molecule has 0 bridgehead atoms. The van der Waals surface area contributed by atoms with Crippen LogP contribution >= 0.6 is 0 Å². The van der Waals surface area contributed by atoms with Gasteiger partial charge in [-0.15, -0.1) is 0 Å². The number of unbranched alkanes of at least 4 members (excludes halogenated alkanes) is 6. The third kappa shape index (κ3) is 5.01. The van der Waals surface area contributed by atoms with Gasteiger partial charge in [-0.05, 0) is 88.2 Å². The van der Waals surface area contributed by atoms with Crippen molar-refractivity contribution in [3.05, 3.63) is 83.4 Å². The summed E-state index contributed by atoms with van der Waals surface area (Å²) in [4.78, 5) is 0. The van der Waals surface area contributed by atoms with Gasteiger partial charge in [0.2, 0.25) is 0 Å². The van der Waals surface area contributed by atoms with Crippen molar-refractivity contribution >= 4 is 21.5 Å². The minimum Gasteiger partial charge on any atom is -0.0654 e. The highest BCUT2D eigenvalue weighted by Crippen LogP contribution is 2.36. The first-order chi connectivity index (χ1) is 15.2. The summed E-state index contributed by atoms with van der Waals surface area (Å²) < 4.78 is 0. The third-order valence-corrected chi connectivity index (χ3v) is 6.84. The molecule has 0 aliphatic rings. The molecule has 0 fully saturated rings. The van der Waals surface area contributed by atoms with Crippen molar-refractivity contribution < 1.29 is 0 Å². The molecule has 0 amide bonds. The zero-order valence-corrected chi connectivity index (χ0v) is 19.5. The lowest BCUT2D eigenvalue weighted by Crippen LogP contribution is -1.92. The second kappa shape index (κ2) is 10.1. The predicted octanol–water partition coefficient (Wildman–Crippen LogP) is 9.57. The molecule has 0 spiro atoms. The Bertz CT molecular complexity index is 1150. The fourth-order valence-electron chi connectivity index (χ4n) is 4.83. The molecule has 0 aliphatic heterocycles. The monoisotopic (exact) mass is 408 g/mol. The first kappa shape index (κ1) is 21.6. The summed E-state index contributed by atoms with van der Waals surface area (Å²) in [6.45, 7) is 6.79. The molecule has 0 nitrogen and oxygen atoms in total. The van der Waals surface area contributed by atoms with Crippen LogP contribution in [0.25, 0.3) is 32.7 Å². The van der Waals surface area contributed by atoms with Crippen LogP contribution in [0.1, 0.15) is 68.6 Å². The fraction of sp³-hybridized carbons (Fsp3) is 0.355. The van der Waals surface area contributed by atoms with E-state index in [1.165, 1.54) is 101 Å². The molecular formula is C31H36. The molecule has 160 valence electrons. The van der Waals surface area contributed by atoms with Crippen LogP contribution in [0.3, 0.4) is 0 Å². The van der Waals surface area contributed by atoms with Gasteiger partial charge >= 0.3 is 0 Å². The highest BCUT2D eigenvalue weighted by molar-refractivity contribution is 6.06. The van der Waals surface area contributed by atoms with E-state index in [1.54, 1.807) is 0 Å². The average Bonchev–Trinajstić information content (AvgIpc) is 2.79. The van der Waals surface area contributed by atoms with Gasteiger partial charge in [0.1, 0.15) is 0 Å². The van der Waals surface area contributed by atoms with E-state index in [1.807, 2.05) is 0 Å². The van der Waals surface area contributed by atoms with E-state index < -0.39 is 0 Å². The van der Waals surface area contributed by atoms with E-state index in [2.05, 4.69) is 87.5 Å². The van der Waals surface area contributed by atoms with Crippen molar-refractivity contribution in [2.75, 3.05) is 0 Å². The SMILES string of the molecule is CCCCCCCCCc1ccc(-c2c(C)c(C)cc3cc4ccccc4cc23)cc1. The Balaban J connectivity index is 1.55. The van der Waals surface area contributed by atoms with Crippen molar-refractivity contribution in [2.24, 2.45) is 0 Å². The van der Waals surface area contributed by atoms with Crippen LogP contribution in [0.4, 0.5) is 0 Å². The molecule has 4 aromatic rings. The van der Waals surface area contributed by atoms with Gasteiger partial charge in [-0.2, -0.15) is 0 Å². The summed E-state index contributed by atoms with van der Waals surface area (Å²) in [5.74, 6) is 0. The maximum absolute atomic E-state index is 2.37. The van der Waals surface area contributed by atoms with Crippen LogP contribution in [0.2, 0.25) is 0 Å². The molecule has 0 aliphatic carbocycles. The maximum Gasteiger partial charge on any atom is -0.00733 e. The summed E-state index contributed by atoms with van der Waals surface area (Å²) in [6.07, 6.45) is 10.8. The molecule has 31 heavy (non-hydrogen) atoms. The van der Waals surface area contributed by atoms with Gasteiger partial charge in [0.15, 0.2) is 0 Å². The summed E-state index contributed by atoms with van der Waals surface area (Å²) in [5.41, 5.74) is 6.96. The van der Waals surface area contributed by atoms with Crippen molar-refractivity contribution in [3.8, 4) is 11.1 Å². The Kier molecular flexibility index (Phi) is 7.07. The number of hydrogen-bond acceptors (Lipinski definition) is 0. The van der Waals surface area contributed by atoms with Crippen molar-refractivity contribution in [1.29, 1.82) is 0 Å². The zero-order chi connectivity index (χ0) is 21.6. The van der Waals surface area contributed by atoms with Crippen LogP contribution in [0.15, 0.2) is 66.7 Å². The van der Waals surface area contributed by atoms with Gasteiger partial charge in [0.05, 0.1) is 0 Å². The molecule has 0 atom stereocenters. The Hall–Kier alpha value is -2.60. The van der Waals surface area contributed by atoms with Gasteiger partial charge in [0.25, 0.3) is 0 Å². The van der Waals surface area contributed by atoms with E-state index in [0.717, 1.165) is 0 Å². The fourth-order valence-corrected chi connectivity index (χ4v) is 4.83. The minimum absolute atomic E-state index is 1.20. The van der Waals surface area contributed by atoms with Gasteiger partial charge in [0, 0.05) is 0 Å². The maximum atomic E-state index is 2.37. The Morgan fingerprint density at radius 3 is 1.97 bits per heavy atom. The van der Waals surface area contributed by atoms with Crippen LogP contribution in [-0.2, 0) is 6.42 Å². The molecule has 4 rings (SSSR count). The van der Waals surface area contributed by atoms with Crippen LogP contribution in [-0.4, -0.2) is 0 Å². The lowest BCUT2D eigenvalue weighted by molar-refractivity contribution is 0.589. The lowest BCUT2D eigenvalue weighted by atomic mass is 9.89. The Labute approximate surface area is 188 Å². The summed E-state index contributed by atoms with van der Waals surface area (Å²) >= 11 is 0. The molecule has 0 unspecified atom stereocenters. The summed E-state index contributed by atoms with van der Waals surface area (Å²) in [7, 11) is 0. The molecule has 0 N–H and O–H groups in total. The third-order valence-electron chi connectivity index (χ3n) is 6.84. The van der Waals surface area contributed by atoms with Gasteiger partial charge < -0.3 is 0 Å². The second-order valence-corrected chi connectivity index (χ2v) is 9.18. The topological polar surface area (TPSA) is 0 Å². The number of aryl methyl sites for hydroxylation is 2. The molecule has 0 saturated carbocycles. The highest BCUT2D eigenvalue weighted by atomic mass is 14.2. The first-order valence-electron chi connectivity index (χ1n) is 12.2. The number of fused-ring (bicyclic) bond motifs is 2. The Morgan fingerprint density at radius 2 is 1.26 bits per heavy atom. The van der Waals surface area contributed by atoms with Crippen LogP contribution in [0, 0.1) is 13.8 Å². The molecular weight excluding hydrogens is 372 g/mol. The normalized spacial score (nSPS) is 11.5. The summed E-state index contributed by atoms with van der Waals surface area (Å²) in [5, 5.41) is 5.33. The second-order valence-electron chi connectivity index (χ2n) is 9.18. The van der Waals surface area contributed by atoms with Gasteiger partial charge in [-0.3, -0.25) is 0 Å². The molecule has 0 saturated heterocycles. The molecule has 0 aromatic heterocycles. The van der Waals surface area contributed by atoms with Crippen molar-refractivity contribution in [1.82, 2.24) is 0 Å². The Morgan fingerprint density at radius 1 is 0.613 bits per heavy atom. The quantitative estimate of drug-likeness (QED) is 0.191. The van der Waals surface area contributed by atoms with Crippen molar-refractivity contribution in [3.63, 3.8) is 0 Å². The van der Waals surface area contributed by atoms with E-state index in [0.29, 0.717) is 0 Å². The number of benzene rings is 4. The lowest BCUT2D eigenvalue weighted by Gasteiger charge is -2.15. The van der Waals surface area contributed by atoms with Crippen LogP contribution < -0.4 is 0 Å². The predicted molar refractivity (Wildman–Crippen MR) is 138 cm³/mol. The molecule has 0 radical (unpaired) electrons. The zero-order valence-electron chi connectivity index (χ0n) is 19.5. The smallest absolute Gasteiger partial charge is 0.00733 e. The standard InChI is InChI=1S/C31H36/c1-4-5-6-7-8-9-10-13-25-16-18-26(19-17-25)31-24(3)23(2)20-29-21-27-14-11-12-15-28(27)22-30(29)31/h11-12,14-22H,4-10,13H2,1-3H3. The van der Waals surface area contributed by atoms with E-state index in [4.69, 9.17) is 0 Å². The van der Waals surface area contributed by atoms with E-state index in [9.17, 15) is 0 Å². The van der Waals surface area contributed by atoms with Crippen molar-refractivity contribution in [2.45, 2.75) is 72.1 Å². The van der Waals surface area contributed by atoms with Crippen LogP contribution in [0.5, 0.6) is 0 Å². The summed E-state index contributed by atoms with van der Waals surface area (Å²) in [6, 6.07) is 25.1. The first-order valence-corrected chi connectivity index (χ1v) is 12.2. The molecule has 0 heterocycles. The minimum atomic E-state index is 1.20. The van der Waals surface area contributed by atoms with Gasteiger partial charge in [-0.1, -0.05) is 100 Å². The average molecular weight is 409 g/mol. The highest BCUT2D eigenvalue weighted by Gasteiger charge is 2.11. The molecule has 4 aromatic carbocycles. The number of hydrogen-bond donors (Lipinski definition) is 0.